The van der Waals surface area contributed by atoms with Gasteiger partial charge in [-0.3, -0.25) is 14.9 Å². The number of carbonyl (C=O) groups is 2. The summed E-state index contributed by atoms with van der Waals surface area (Å²) >= 11 is 3.30. The summed E-state index contributed by atoms with van der Waals surface area (Å²) in [5.41, 5.74) is 0.655. The number of aliphatic carboxylic acids is 1. The summed E-state index contributed by atoms with van der Waals surface area (Å²) in [5, 5.41) is 13.9. The smallest absolute Gasteiger partial charge is 0.320 e. The van der Waals surface area contributed by atoms with Gasteiger partial charge in [0.2, 0.25) is 5.91 Å². The third-order valence-electron chi connectivity index (χ3n) is 2.09. The fourth-order valence-electron chi connectivity index (χ4n) is 1.09. The van der Waals surface area contributed by atoms with Crippen LogP contribution >= 0.6 is 15.9 Å². The predicted molar refractivity (Wildman–Crippen MR) is 67.9 cm³/mol. The lowest BCUT2D eigenvalue weighted by atomic mass is 10.3. The highest BCUT2D eigenvalue weighted by Gasteiger charge is 2.12. The number of hydrogen-bond donors (Lipinski definition) is 3. The number of hydrogen-bond acceptors (Lipinski definition) is 3. The van der Waals surface area contributed by atoms with Gasteiger partial charge in [0.25, 0.3) is 0 Å². The fraction of sp³-hybridized carbons (Fsp3) is 0.273. The second-order valence-corrected chi connectivity index (χ2v) is 4.32. The normalized spacial score (nSPS) is 11.9. The monoisotopic (exact) mass is 300 g/mol. The van der Waals surface area contributed by atoms with E-state index >= 15 is 0 Å². The molecule has 0 unspecified atom stereocenters. The van der Waals surface area contributed by atoms with Crippen LogP contribution in [0.1, 0.15) is 6.92 Å². The van der Waals surface area contributed by atoms with Crippen molar-refractivity contribution in [3.63, 3.8) is 0 Å². The van der Waals surface area contributed by atoms with Crippen molar-refractivity contribution in [3.05, 3.63) is 28.7 Å². The molecule has 0 fully saturated rings. The average molecular weight is 301 g/mol. The van der Waals surface area contributed by atoms with Gasteiger partial charge >= 0.3 is 5.97 Å². The molecule has 5 nitrogen and oxygen atoms in total. The fourth-order valence-corrected chi connectivity index (χ4v) is 1.47. The van der Waals surface area contributed by atoms with Gasteiger partial charge in [0, 0.05) is 4.47 Å². The van der Waals surface area contributed by atoms with Crippen molar-refractivity contribution in [1.82, 2.24) is 5.32 Å². The molecule has 0 saturated carbocycles. The number of para-hydroxylation sites is 1. The van der Waals surface area contributed by atoms with Gasteiger partial charge in [0.05, 0.1) is 12.2 Å². The first-order valence-corrected chi connectivity index (χ1v) is 5.80. The number of benzene rings is 1. The molecule has 17 heavy (non-hydrogen) atoms. The van der Waals surface area contributed by atoms with Gasteiger partial charge in [-0.15, -0.1) is 0 Å². The molecule has 0 heterocycles. The Balaban J connectivity index is 2.46. The standard InChI is InChI=1S/C11H13BrN2O3/c1-7(11(16)17)13-6-10(15)14-9-5-3-2-4-8(9)12/h2-5,7,13H,6H2,1H3,(H,14,15)(H,16,17)/t7-/m1/s1. The number of carboxylic acid groups (broad SMARTS) is 1. The summed E-state index contributed by atoms with van der Waals surface area (Å²) in [6.45, 7) is 1.43. The zero-order valence-electron chi connectivity index (χ0n) is 9.24. The summed E-state index contributed by atoms with van der Waals surface area (Å²) in [6.07, 6.45) is 0. The molecule has 3 N–H and O–H groups in total. The highest BCUT2D eigenvalue weighted by molar-refractivity contribution is 9.10. The van der Waals surface area contributed by atoms with Gasteiger partial charge in [-0.05, 0) is 35.0 Å². The number of amides is 1. The van der Waals surface area contributed by atoms with E-state index in [0.717, 1.165) is 4.47 Å². The Morgan fingerprint density at radius 1 is 1.41 bits per heavy atom. The quantitative estimate of drug-likeness (QED) is 0.769. The van der Waals surface area contributed by atoms with Crippen molar-refractivity contribution in [1.29, 1.82) is 0 Å². The zero-order chi connectivity index (χ0) is 12.8. The number of anilines is 1. The maximum Gasteiger partial charge on any atom is 0.320 e. The Kier molecular flexibility index (Phi) is 5.11. The van der Waals surface area contributed by atoms with Gasteiger partial charge in [-0.1, -0.05) is 12.1 Å². The summed E-state index contributed by atoms with van der Waals surface area (Å²) < 4.78 is 0.777. The lowest BCUT2D eigenvalue weighted by Crippen LogP contribution is -2.39. The lowest BCUT2D eigenvalue weighted by Gasteiger charge is -2.10. The molecule has 0 bridgehead atoms. The average Bonchev–Trinajstić information content (AvgIpc) is 2.29. The third-order valence-corrected chi connectivity index (χ3v) is 2.78. The van der Waals surface area contributed by atoms with Crippen LogP contribution in [0.25, 0.3) is 0 Å². The van der Waals surface area contributed by atoms with Gasteiger partial charge < -0.3 is 10.4 Å². The molecule has 0 radical (unpaired) electrons. The highest BCUT2D eigenvalue weighted by atomic mass is 79.9. The highest BCUT2D eigenvalue weighted by Crippen LogP contribution is 2.20. The molecule has 1 atom stereocenters. The lowest BCUT2D eigenvalue weighted by molar-refractivity contribution is -0.139. The molecule has 0 aliphatic carbocycles. The van der Waals surface area contributed by atoms with Gasteiger partial charge in [0.15, 0.2) is 0 Å². The van der Waals surface area contributed by atoms with E-state index in [1.54, 1.807) is 12.1 Å². The largest absolute Gasteiger partial charge is 0.480 e. The van der Waals surface area contributed by atoms with Gasteiger partial charge in [0.1, 0.15) is 6.04 Å². The number of carboxylic acids is 1. The predicted octanol–water partition coefficient (Wildman–Crippen LogP) is 1.45. The molecule has 0 aromatic heterocycles. The van der Waals surface area contributed by atoms with Crippen molar-refractivity contribution in [2.45, 2.75) is 13.0 Å². The first-order chi connectivity index (χ1) is 8.00. The van der Waals surface area contributed by atoms with E-state index in [9.17, 15) is 9.59 Å². The van der Waals surface area contributed by atoms with Crippen LogP contribution in [0.4, 0.5) is 5.69 Å². The Labute approximate surface area is 107 Å². The van der Waals surface area contributed by atoms with E-state index in [1.165, 1.54) is 6.92 Å². The van der Waals surface area contributed by atoms with Crippen LogP contribution in [0.5, 0.6) is 0 Å². The van der Waals surface area contributed by atoms with Crippen LogP contribution in [-0.2, 0) is 9.59 Å². The molecule has 0 aliphatic rings. The molecule has 92 valence electrons. The molecular formula is C11H13BrN2O3. The third kappa shape index (κ3) is 4.54. The zero-order valence-corrected chi connectivity index (χ0v) is 10.8. The summed E-state index contributed by atoms with van der Waals surface area (Å²) in [5.74, 6) is -1.27. The maximum atomic E-state index is 11.5. The van der Waals surface area contributed by atoms with Crippen molar-refractivity contribution in [2.24, 2.45) is 0 Å². The Morgan fingerprint density at radius 2 is 2.06 bits per heavy atom. The first-order valence-electron chi connectivity index (χ1n) is 5.01. The van der Waals surface area contributed by atoms with Crippen molar-refractivity contribution < 1.29 is 14.7 Å². The number of nitrogens with one attached hydrogen (secondary N) is 2. The van der Waals surface area contributed by atoms with Crippen LogP contribution in [0.3, 0.4) is 0 Å². The minimum atomic E-state index is -0.987. The molecule has 0 aliphatic heterocycles. The maximum absolute atomic E-state index is 11.5. The Hall–Kier alpha value is -1.40. The summed E-state index contributed by atoms with van der Waals surface area (Å²) in [6, 6.07) is 6.45. The number of rotatable bonds is 5. The number of carbonyl (C=O) groups excluding carboxylic acids is 1. The van der Waals surface area contributed by atoms with E-state index in [4.69, 9.17) is 5.11 Å². The molecule has 1 amide bonds. The Morgan fingerprint density at radius 3 is 2.65 bits per heavy atom. The molecule has 1 aromatic rings. The molecular weight excluding hydrogens is 288 g/mol. The van der Waals surface area contributed by atoms with Crippen LogP contribution in [0, 0.1) is 0 Å². The van der Waals surface area contributed by atoms with E-state index in [2.05, 4.69) is 26.6 Å². The van der Waals surface area contributed by atoms with Crippen LogP contribution < -0.4 is 10.6 Å². The van der Waals surface area contributed by atoms with Gasteiger partial charge in [-0.25, -0.2) is 0 Å². The molecule has 1 rings (SSSR count). The molecule has 1 aromatic carbocycles. The van der Waals surface area contributed by atoms with Crippen LogP contribution in [-0.4, -0.2) is 29.6 Å². The van der Waals surface area contributed by atoms with Crippen molar-refractivity contribution >= 4 is 33.5 Å². The Bertz CT molecular complexity index is 423. The minimum absolute atomic E-state index is 0.0468. The summed E-state index contributed by atoms with van der Waals surface area (Å²) in [4.78, 5) is 22.0. The van der Waals surface area contributed by atoms with Crippen LogP contribution in [0.15, 0.2) is 28.7 Å². The second kappa shape index (κ2) is 6.36. The topological polar surface area (TPSA) is 78.4 Å². The van der Waals surface area contributed by atoms with Gasteiger partial charge in [-0.2, -0.15) is 0 Å². The van der Waals surface area contributed by atoms with E-state index < -0.39 is 12.0 Å². The second-order valence-electron chi connectivity index (χ2n) is 3.47. The SMILES string of the molecule is C[C@@H](NCC(=O)Nc1ccccc1Br)C(=O)O. The molecule has 6 heteroatoms. The molecule has 0 saturated heterocycles. The molecule has 0 spiro atoms. The van der Waals surface area contributed by atoms with E-state index in [-0.39, 0.29) is 12.5 Å². The van der Waals surface area contributed by atoms with Crippen molar-refractivity contribution in [2.75, 3.05) is 11.9 Å². The first kappa shape index (κ1) is 13.7. The van der Waals surface area contributed by atoms with E-state index in [0.29, 0.717) is 5.69 Å². The summed E-state index contributed by atoms with van der Waals surface area (Å²) in [7, 11) is 0. The minimum Gasteiger partial charge on any atom is -0.480 e. The van der Waals surface area contributed by atoms with Crippen molar-refractivity contribution in [3.8, 4) is 0 Å². The van der Waals surface area contributed by atoms with Crippen LogP contribution in [0.2, 0.25) is 0 Å². The van der Waals surface area contributed by atoms with E-state index in [1.807, 2.05) is 12.1 Å². The number of halogens is 1.